The fraction of sp³-hybridized carbons (Fsp3) is 0.571. The number of aryl methyl sites for hydroxylation is 1. The van der Waals surface area contributed by atoms with Gasteiger partial charge in [0, 0.05) is 17.1 Å². The number of rotatable bonds is 2. The van der Waals surface area contributed by atoms with E-state index in [-0.39, 0.29) is 7.43 Å². The van der Waals surface area contributed by atoms with Crippen molar-refractivity contribution in [2.24, 2.45) is 0 Å². The Morgan fingerprint density at radius 2 is 1.68 bits per heavy atom. The van der Waals surface area contributed by atoms with Crippen molar-refractivity contribution in [1.82, 2.24) is 4.98 Å². The van der Waals surface area contributed by atoms with Crippen LogP contribution in [0.4, 0.5) is 0 Å². The zero-order chi connectivity index (χ0) is 19.3. The molecular formula is C21H39NO3. The summed E-state index contributed by atoms with van der Waals surface area (Å²) >= 11 is 0. The Balaban J connectivity index is -0.000000374. The van der Waals surface area contributed by atoms with Crippen LogP contribution in [0, 0.1) is 6.92 Å². The number of methoxy groups -OCH3 is 1. The van der Waals surface area contributed by atoms with E-state index >= 15 is 0 Å². The van der Waals surface area contributed by atoms with E-state index in [0.29, 0.717) is 11.3 Å². The highest BCUT2D eigenvalue weighted by Gasteiger charge is 2.10. The van der Waals surface area contributed by atoms with Crippen molar-refractivity contribution in [2.45, 2.75) is 74.8 Å². The number of aromatic nitrogens is 1. The molecule has 1 aromatic carbocycles. The zero-order valence-corrected chi connectivity index (χ0v) is 16.8. The molecule has 0 atom stereocenters. The fourth-order valence-electron chi connectivity index (χ4n) is 1.69. The van der Waals surface area contributed by atoms with Gasteiger partial charge in [0.15, 0.2) is 6.29 Å². The summed E-state index contributed by atoms with van der Waals surface area (Å²) in [5.74, 6) is 0.629. The molecule has 0 unspecified atom stereocenters. The minimum absolute atomic E-state index is 0. The molecule has 1 heterocycles. The topological polar surface area (TPSA) is 62.3 Å². The second kappa shape index (κ2) is 14.5. The Hall–Kier alpha value is -1.81. The number of H-pyrrole nitrogens is 1. The lowest BCUT2D eigenvalue weighted by atomic mass is 10.1. The van der Waals surface area contributed by atoms with Crippen molar-refractivity contribution in [3.63, 3.8) is 0 Å². The number of ether oxygens (including phenoxy) is 1. The Labute approximate surface area is 154 Å². The van der Waals surface area contributed by atoms with E-state index in [0.717, 1.165) is 22.8 Å². The van der Waals surface area contributed by atoms with Gasteiger partial charge in [0.25, 0.3) is 0 Å². The molecule has 2 rings (SSSR count). The third-order valence-electron chi connectivity index (χ3n) is 2.38. The van der Waals surface area contributed by atoms with Crippen LogP contribution in [0.15, 0.2) is 18.3 Å². The van der Waals surface area contributed by atoms with Gasteiger partial charge in [-0.3, -0.25) is 4.79 Å². The number of fused-ring (bicyclic) bond motifs is 1. The average molecular weight is 354 g/mol. The molecule has 0 aliphatic carbocycles. The summed E-state index contributed by atoms with van der Waals surface area (Å²) in [7, 11) is 1.57. The van der Waals surface area contributed by atoms with E-state index in [1.54, 1.807) is 27.9 Å². The van der Waals surface area contributed by atoms with Crippen LogP contribution in [0.2, 0.25) is 0 Å². The van der Waals surface area contributed by atoms with Crippen LogP contribution in [0.25, 0.3) is 10.9 Å². The lowest BCUT2D eigenvalue weighted by Gasteiger charge is -2.06. The fourth-order valence-corrected chi connectivity index (χ4v) is 1.69. The van der Waals surface area contributed by atoms with Crippen LogP contribution >= 0.6 is 0 Å². The molecule has 0 aliphatic heterocycles. The molecule has 2 N–H and O–H groups in total. The maximum atomic E-state index is 10.9. The van der Waals surface area contributed by atoms with Gasteiger partial charge in [0.2, 0.25) is 0 Å². The lowest BCUT2D eigenvalue weighted by Crippen LogP contribution is -2.10. The van der Waals surface area contributed by atoms with Crippen molar-refractivity contribution in [2.75, 3.05) is 7.11 Å². The molecule has 0 aliphatic rings. The summed E-state index contributed by atoms with van der Waals surface area (Å²) in [5.41, 5.74) is 2.18. The van der Waals surface area contributed by atoms with Gasteiger partial charge in [-0.05, 0) is 45.4 Å². The van der Waals surface area contributed by atoms with Crippen LogP contribution in [0.5, 0.6) is 5.75 Å². The smallest absolute Gasteiger partial charge is 0.154 e. The Bertz CT molecular complexity index is 575. The van der Waals surface area contributed by atoms with Crippen molar-refractivity contribution in [3.8, 4) is 5.75 Å². The number of carbonyl (C=O) groups is 1. The highest BCUT2D eigenvalue weighted by atomic mass is 16.5. The van der Waals surface area contributed by atoms with Crippen molar-refractivity contribution in [1.29, 1.82) is 0 Å². The van der Waals surface area contributed by atoms with E-state index in [2.05, 4.69) is 18.8 Å². The second-order valence-electron chi connectivity index (χ2n) is 6.07. The molecule has 0 spiro atoms. The molecule has 0 fully saturated rings. The normalized spacial score (nSPS) is 9.20. The number of hydrogen-bond donors (Lipinski definition) is 2. The first-order valence-corrected chi connectivity index (χ1v) is 8.51. The maximum Gasteiger partial charge on any atom is 0.154 e. The Morgan fingerprint density at radius 3 is 2.04 bits per heavy atom. The molecule has 146 valence electrons. The maximum absolute atomic E-state index is 10.9. The van der Waals surface area contributed by atoms with E-state index in [1.807, 2.05) is 39.1 Å². The third-order valence-corrected chi connectivity index (χ3v) is 2.38. The molecule has 0 saturated carbocycles. The van der Waals surface area contributed by atoms with Gasteiger partial charge in [-0.25, -0.2) is 0 Å². The Kier molecular flexibility index (Phi) is 16.3. The molecule has 0 bridgehead atoms. The van der Waals surface area contributed by atoms with Crippen molar-refractivity contribution < 1.29 is 14.6 Å². The zero-order valence-electron chi connectivity index (χ0n) is 16.8. The summed E-state index contributed by atoms with van der Waals surface area (Å²) in [6.45, 7) is 15.5. The van der Waals surface area contributed by atoms with E-state index in [9.17, 15) is 4.79 Å². The number of carbonyl (C=O) groups excluding carboxylic acids is 1. The standard InChI is InChI=1S/C11H11NO2.C4H10O.C3H8.C2H6.CH4/c1-7-5-10(14-2)9(6-13)8-3-4-12-11(7)8;1-4(2,3)5;1-3-2;1-2;/h3-6,12H,1-2H3;5H,1-3H3;3H2,1-2H3;1-2H3;1H4. The minimum atomic E-state index is -0.500. The van der Waals surface area contributed by atoms with Gasteiger partial charge in [0.1, 0.15) is 5.75 Å². The van der Waals surface area contributed by atoms with Gasteiger partial charge in [-0.15, -0.1) is 0 Å². The monoisotopic (exact) mass is 353 g/mol. The van der Waals surface area contributed by atoms with Crippen LogP contribution in [-0.2, 0) is 0 Å². The molecule has 0 radical (unpaired) electrons. The Morgan fingerprint density at radius 1 is 1.24 bits per heavy atom. The summed E-state index contributed by atoms with van der Waals surface area (Å²) in [6, 6.07) is 3.75. The molecule has 0 amide bonds. The van der Waals surface area contributed by atoms with Crippen LogP contribution in [0.1, 0.15) is 78.2 Å². The molecule has 25 heavy (non-hydrogen) atoms. The molecule has 4 nitrogen and oxygen atoms in total. The van der Waals surface area contributed by atoms with Gasteiger partial charge in [0.05, 0.1) is 18.3 Å². The van der Waals surface area contributed by atoms with Crippen LogP contribution in [-0.4, -0.2) is 29.1 Å². The number of aromatic amines is 1. The first-order valence-electron chi connectivity index (χ1n) is 8.51. The first kappa shape index (κ1) is 28.0. The second-order valence-corrected chi connectivity index (χ2v) is 6.07. The number of aldehydes is 1. The number of aliphatic hydroxyl groups is 1. The summed E-state index contributed by atoms with van der Waals surface area (Å²) in [4.78, 5) is 14.0. The largest absolute Gasteiger partial charge is 0.496 e. The van der Waals surface area contributed by atoms with Crippen LogP contribution in [0.3, 0.4) is 0 Å². The third kappa shape index (κ3) is 11.4. The summed E-state index contributed by atoms with van der Waals surface area (Å²) in [6.07, 6.45) is 3.90. The predicted octanol–water partition coefficient (Wildman–Crippen LogP) is 6.15. The first-order chi connectivity index (χ1) is 11.2. The van der Waals surface area contributed by atoms with Gasteiger partial charge in [-0.1, -0.05) is 41.5 Å². The average Bonchev–Trinajstić information content (AvgIpc) is 2.98. The van der Waals surface area contributed by atoms with E-state index in [4.69, 9.17) is 9.84 Å². The highest BCUT2D eigenvalue weighted by molar-refractivity contribution is 6.01. The van der Waals surface area contributed by atoms with Crippen molar-refractivity contribution in [3.05, 3.63) is 29.5 Å². The van der Waals surface area contributed by atoms with Crippen molar-refractivity contribution >= 4 is 17.2 Å². The van der Waals surface area contributed by atoms with E-state index in [1.165, 1.54) is 6.42 Å². The lowest BCUT2D eigenvalue weighted by molar-refractivity contribution is 0.102. The quantitative estimate of drug-likeness (QED) is 0.636. The van der Waals surface area contributed by atoms with E-state index < -0.39 is 5.60 Å². The van der Waals surface area contributed by atoms with Crippen LogP contribution < -0.4 is 4.74 Å². The molecular weight excluding hydrogens is 314 g/mol. The summed E-state index contributed by atoms with van der Waals surface area (Å²) < 4.78 is 5.15. The molecule has 4 heteroatoms. The predicted molar refractivity (Wildman–Crippen MR) is 111 cm³/mol. The number of nitrogens with one attached hydrogen (secondary N) is 1. The molecule has 2 aromatic rings. The van der Waals surface area contributed by atoms with Gasteiger partial charge in [-0.2, -0.15) is 0 Å². The van der Waals surface area contributed by atoms with Gasteiger partial charge >= 0.3 is 0 Å². The SMILES string of the molecule is C.CC.CC(C)(C)O.CCC.COc1cc(C)c2[nH]ccc2c1C=O. The highest BCUT2D eigenvalue weighted by Crippen LogP contribution is 2.28. The minimum Gasteiger partial charge on any atom is -0.496 e. The molecule has 0 saturated heterocycles. The molecule has 1 aromatic heterocycles. The summed E-state index contributed by atoms with van der Waals surface area (Å²) in [5, 5.41) is 9.43. The number of hydrogen-bond acceptors (Lipinski definition) is 3. The number of benzene rings is 1. The van der Waals surface area contributed by atoms with Gasteiger partial charge < -0.3 is 14.8 Å².